The van der Waals surface area contributed by atoms with Gasteiger partial charge in [-0.3, -0.25) is 4.79 Å². The molecule has 0 saturated carbocycles. The molecule has 8 nitrogen and oxygen atoms in total. The van der Waals surface area contributed by atoms with Crippen LogP contribution in [0.1, 0.15) is 40.3 Å². The maximum absolute atomic E-state index is 11.3. The Hall–Kier alpha value is -4.59. The Morgan fingerprint density at radius 3 is 2.38 bits per heavy atom. The number of carboxylic acid groups (broad SMARTS) is 1. The van der Waals surface area contributed by atoms with Crippen LogP contribution in [0.25, 0.3) is 0 Å². The zero-order chi connectivity index (χ0) is 26.0. The van der Waals surface area contributed by atoms with E-state index in [0.717, 1.165) is 22.3 Å². The summed E-state index contributed by atoms with van der Waals surface area (Å²) in [5.74, 6) is 0.0927. The fourth-order valence-corrected chi connectivity index (χ4v) is 3.86. The largest absolute Gasteiger partial charge is 0.489 e. The van der Waals surface area contributed by atoms with Gasteiger partial charge in [-0.15, -0.1) is 0 Å². The van der Waals surface area contributed by atoms with Gasteiger partial charge in [-0.25, -0.2) is 0 Å². The zero-order valence-corrected chi connectivity index (χ0v) is 20.7. The van der Waals surface area contributed by atoms with E-state index in [1.807, 2.05) is 79.7 Å². The molecule has 4 rings (SSSR count). The van der Waals surface area contributed by atoms with Gasteiger partial charge in [0.2, 0.25) is 0 Å². The minimum absolute atomic E-state index is 0.0784. The van der Waals surface area contributed by atoms with Gasteiger partial charge in [-0.05, 0) is 48.4 Å². The van der Waals surface area contributed by atoms with E-state index in [0.29, 0.717) is 29.5 Å². The number of hydrogen-bond acceptors (Lipinski definition) is 7. The Morgan fingerprint density at radius 2 is 1.73 bits per heavy atom. The second-order valence-electron chi connectivity index (χ2n) is 8.46. The Balaban J connectivity index is 1.32. The molecule has 0 saturated heterocycles. The molecule has 0 spiro atoms. The van der Waals surface area contributed by atoms with E-state index in [-0.39, 0.29) is 13.0 Å². The normalized spacial score (nSPS) is 12.1. The lowest BCUT2D eigenvalue weighted by Crippen LogP contribution is -2.13. The van der Waals surface area contributed by atoms with Gasteiger partial charge in [0, 0.05) is 17.5 Å². The van der Waals surface area contributed by atoms with Crippen molar-refractivity contribution < 1.29 is 28.7 Å². The first-order chi connectivity index (χ1) is 18.0. The molecule has 4 aromatic rings. The summed E-state index contributed by atoms with van der Waals surface area (Å²) in [6.07, 6.45) is 1.36. The number of rotatable bonds is 12. The van der Waals surface area contributed by atoms with E-state index in [4.69, 9.17) is 18.8 Å². The van der Waals surface area contributed by atoms with E-state index < -0.39 is 11.9 Å². The number of aryl methyl sites for hydroxylation is 1. The van der Waals surface area contributed by atoms with Crippen molar-refractivity contribution in [2.75, 3.05) is 13.7 Å². The predicted molar refractivity (Wildman–Crippen MR) is 138 cm³/mol. The van der Waals surface area contributed by atoms with Crippen LogP contribution in [0.15, 0.2) is 94.8 Å². The van der Waals surface area contributed by atoms with Crippen LogP contribution in [0.5, 0.6) is 11.5 Å². The van der Waals surface area contributed by atoms with E-state index in [2.05, 4.69) is 10.3 Å². The summed E-state index contributed by atoms with van der Waals surface area (Å²) in [6.45, 7) is 2.68. The second-order valence-corrected chi connectivity index (χ2v) is 8.46. The third-order valence-electron chi connectivity index (χ3n) is 5.73. The van der Waals surface area contributed by atoms with E-state index >= 15 is 0 Å². The van der Waals surface area contributed by atoms with Gasteiger partial charge in [0.1, 0.15) is 43.8 Å². The maximum Gasteiger partial charge on any atom is 0.304 e. The first-order valence-electron chi connectivity index (χ1n) is 11.8. The molecule has 1 aromatic heterocycles. The molecule has 1 heterocycles. The van der Waals surface area contributed by atoms with Crippen LogP contribution < -0.4 is 9.47 Å². The highest BCUT2D eigenvalue weighted by molar-refractivity contribution is 6.01. The lowest BCUT2D eigenvalue weighted by Gasteiger charge is -2.13. The third-order valence-corrected chi connectivity index (χ3v) is 5.73. The number of benzene rings is 3. The van der Waals surface area contributed by atoms with E-state index in [1.54, 1.807) is 6.07 Å². The Bertz CT molecular complexity index is 1320. The van der Waals surface area contributed by atoms with Gasteiger partial charge in [0.25, 0.3) is 0 Å². The average Bonchev–Trinajstić information content (AvgIpc) is 3.44. The minimum Gasteiger partial charge on any atom is -0.489 e. The number of nitrogens with zero attached hydrogens (tertiary/aromatic N) is 2. The van der Waals surface area contributed by atoms with Crippen molar-refractivity contribution in [2.45, 2.75) is 25.9 Å². The molecule has 3 aromatic carbocycles. The SMILES string of the molecule is CON=C(COc1ccc(COc2ccc(C(CC(=O)O)c3ccon3)cc2)cc1)c1cccc(C)c1. The molecule has 1 unspecified atom stereocenters. The Kier molecular flexibility index (Phi) is 8.54. The van der Waals surface area contributed by atoms with Gasteiger partial charge in [0.05, 0.1) is 12.1 Å². The molecular formula is C29H28N2O6. The molecule has 0 amide bonds. The molecule has 1 N–H and O–H groups in total. The summed E-state index contributed by atoms with van der Waals surface area (Å²) in [4.78, 5) is 16.3. The summed E-state index contributed by atoms with van der Waals surface area (Å²) in [7, 11) is 1.52. The quantitative estimate of drug-likeness (QED) is 0.200. The standard InChI is InChI=1S/C29H28N2O6/c1-20-4-3-5-23(16-20)28(30-34-2)19-36-24-10-6-21(7-11-24)18-35-25-12-8-22(9-13-25)26(17-29(32)33)27-14-15-37-31-27/h3-16,26H,17-19H2,1-2H3,(H,32,33). The summed E-state index contributed by atoms with van der Waals surface area (Å²) >= 11 is 0. The number of aromatic nitrogens is 1. The van der Waals surface area contributed by atoms with Crippen LogP contribution in [-0.4, -0.2) is 35.7 Å². The van der Waals surface area contributed by atoms with Crippen molar-refractivity contribution in [3.05, 3.63) is 113 Å². The molecule has 0 bridgehead atoms. The van der Waals surface area contributed by atoms with Crippen molar-refractivity contribution in [3.63, 3.8) is 0 Å². The van der Waals surface area contributed by atoms with Crippen LogP contribution in [0, 0.1) is 6.92 Å². The molecule has 0 aliphatic heterocycles. The van der Waals surface area contributed by atoms with E-state index in [9.17, 15) is 9.90 Å². The third kappa shape index (κ3) is 7.20. The van der Waals surface area contributed by atoms with Gasteiger partial charge < -0.3 is 23.9 Å². The molecule has 190 valence electrons. The summed E-state index contributed by atoms with van der Waals surface area (Å²) in [5, 5.41) is 17.3. The average molecular weight is 501 g/mol. The van der Waals surface area contributed by atoms with Crippen molar-refractivity contribution in [1.82, 2.24) is 5.16 Å². The van der Waals surface area contributed by atoms with Crippen LogP contribution in [0.2, 0.25) is 0 Å². The summed E-state index contributed by atoms with van der Waals surface area (Å²) in [5.41, 5.74) is 5.18. The lowest BCUT2D eigenvalue weighted by atomic mass is 9.92. The molecular weight excluding hydrogens is 472 g/mol. The van der Waals surface area contributed by atoms with Crippen LogP contribution >= 0.6 is 0 Å². The van der Waals surface area contributed by atoms with Gasteiger partial charge in [-0.2, -0.15) is 0 Å². The highest BCUT2D eigenvalue weighted by Crippen LogP contribution is 2.28. The molecule has 0 fully saturated rings. The Labute approximate surface area is 215 Å². The highest BCUT2D eigenvalue weighted by Gasteiger charge is 2.20. The highest BCUT2D eigenvalue weighted by atomic mass is 16.6. The minimum atomic E-state index is -0.905. The maximum atomic E-state index is 11.3. The van der Waals surface area contributed by atoms with E-state index in [1.165, 1.54) is 13.4 Å². The van der Waals surface area contributed by atoms with Gasteiger partial charge in [-0.1, -0.05) is 58.3 Å². The number of oxime groups is 1. The van der Waals surface area contributed by atoms with Gasteiger partial charge in [0.15, 0.2) is 0 Å². The van der Waals surface area contributed by atoms with Crippen LogP contribution in [-0.2, 0) is 16.2 Å². The van der Waals surface area contributed by atoms with Crippen molar-refractivity contribution in [2.24, 2.45) is 5.16 Å². The van der Waals surface area contributed by atoms with Crippen LogP contribution in [0.4, 0.5) is 0 Å². The molecule has 0 aliphatic rings. The molecule has 37 heavy (non-hydrogen) atoms. The lowest BCUT2D eigenvalue weighted by molar-refractivity contribution is -0.137. The first-order valence-corrected chi connectivity index (χ1v) is 11.8. The molecule has 0 aliphatic carbocycles. The number of carbonyl (C=O) groups is 1. The van der Waals surface area contributed by atoms with Crippen molar-refractivity contribution in [3.8, 4) is 11.5 Å². The number of carboxylic acids is 1. The fraction of sp³-hybridized carbons (Fsp3) is 0.207. The molecule has 1 atom stereocenters. The van der Waals surface area contributed by atoms with Gasteiger partial charge >= 0.3 is 5.97 Å². The number of ether oxygens (including phenoxy) is 2. The Morgan fingerprint density at radius 1 is 1.00 bits per heavy atom. The summed E-state index contributed by atoms with van der Waals surface area (Å²) < 4.78 is 16.7. The topological polar surface area (TPSA) is 103 Å². The number of aliphatic carboxylic acids is 1. The van der Waals surface area contributed by atoms with Crippen LogP contribution in [0.3, 0.4) is 0 Å². The first kappa shape index (κ1) is 25.5. The monoisotopic (exact) mass is 500 g/mol. The second kappa shape index (κ2) is 12.4. The predicted octanol–water partition coefficient (Wildman–Crippen LogP) is 5.60. The smallest absolute Gasteiger partial charge is 0.304 e. The molecule has 8 heteroatoms. The van der Waals surface area contributed by atoms with Crippen molar-refractivity contribution in [1.29, 1.82) is 0 Å². The zero-order valence-electron chi connectivity index (χ0n) is 20.7. The number of hydrogen-bond donors (Lipinski definition) is 1. The summed E-state index contributed by atoms with van der Waals surface area (Å²) in [6, 6.07) is 24.7. The van der Waals surface area contributed by atoms with Crippen molar-refractivity contribution >= 4 is 11.7 Å². The molecule has 0 radical (unpaired) electrons. The fourth-order valence-electron chi connectivity index (χ4n) is 3.86.